The summed E-state index contributed by atoms with van der Waals surface area (Å²) in [5, 5.41) is 4.02. The lowest BCUT2D eigenvalue weighted by Crippen LogP contribution is -2.42. The number of carbonyl (C=O) groups is 1. The van der Waals surface area contributed by atoms with Crippen LogP contribution in [-0.2, 0) is 9.53 Å². The summed E-state index contributed by atoms with van der Waals surface area (Å²) in [5.41, 5.74) is 4.57. The van der Waals surface area contributed by atoms with Gasteiger partial charge in [-0.1, -0.05) is 24.3 Å². The third kappa shape index (κ3) is 4.20. The molecule has 0 spiro atoms. The van der Waals surface area contributed by atoms with Gasteiger partial charge < -0.3 is 19.1 Å². The first-order valence-corrected chi connectivity index (χ1v) is 8.94. The summed E-state index contributed by atoms with van der Waals surface area (Å²) in [7, 11) is 0. The number of hydrazone groups is 1. The number of carbonyl (C=O) groups excluding carboxylic acids is 1. The van der Waals surface area contributed by atoms with Crippen LogP contribution in [0.5, 0.6) is 11.5 Å². The molecule has 1 N–H and O–H groups in total. The Labute approximate surface area is 157 Å². The van der Waals surface area contributed by atoms with Crippen LogP contribution in [0.2, 0.25) is 0 Å². The normalized spacial score (nSPS) is 19.1. The van der Waals surface area contributed by atoms with Crippen molar-refractivity contribution in [2.75, 3.05) is 37.8 Å². The van der Waals surface area contributed by atoms with Crippen LogP contribution in [0.3, 0.4) is 0 Å². The summed E-state index contributed by atoms with van der Waals surface area (Å²) in [6.07, 6.45) is 0.888. The first-order valence-electron chi connectivity index (χ1n) is 8.94. The van der Waals surface area contributed by atoms with Gasteiger partial charge in [0.2, 0.25) is 6.10 Å². The Morgan fingerprint density at radius 3 is 2.59 bits per heavy atom. The molecule has 4 rings (SSSR count). The molecule has 27 heavy (non-hydrogen) atoms. The molecule has 0 saturated carbocycles. The van der Waals surface area contributed by atoms with Crippen molar-refractivity contribution in [1.82, 2.24) is 5.43 Å². The summed E-state index contributed by atoms with van der Waals surface area (Å²) in [6.45, 7) is 3.47. The van der Waals surface area contributed by atoms with Crippen LogP contribution in [-0.4, -0.2) is 51.1 Å². The molecule has 0 aliphatic carbocycles. The highest BCUT2D eigenvalue weighted by atomic mass is 16.6. The fourth-order valence-corrected chi connectivity index (χ4v) is 2.98. The maximum Gasteiger partial charge on any atom is 0.284 e. The molecule has 2 heterocycles. The van der Waals surface area contributed by atoms with Gasteiger partial charge in [0.25, 0.3) is 5.91 Å². The van der Waals surface area contributed by atoms with E-state index in [0.717, 1.165) is 37.6 Å². The molecule has 2 aromatic carbocycles. The second-order valence-corrected chi connectivity index (χ2v) is 6.29. The van der Waals surface area contributed by atoms with E-state index >= 15 is 0 Å². The van der Waals surface area contributed by atoms with Crippen molar-refractivity contribution >= 4 is 17.8 Å². The van der Waals surface area contributed by atoms with Crippen LogP contribution in [0, 0.1) is 0 Å². The van der Waals surface area contributed by atoms with Gasteiger partial charge in [-0.3, -0.25) is 4.79 Å². The van der Waals surface area contributed by atoms with E-state index < -0.39 is 6.10 Å². The van der Waals surface area contributed by atoms with E-state index in [4.69, 9.17) is 14.2 Å². The number of fused-ring (bicyclic) bond motifs is 1. The number of para-hydroxylation sites is 2. The van der Waals surface area contributed by atoms with E-state index in [2.05, 4.69) is 15.4 Å². The predicted octanol–water partition coefficient (Wildman–Crippen LogP) is 1.81. The highest BCUT2D eigenvalue weighted by molar-refractivity contribution is 5.85. The van der Waals surface area contributed by atoms with E-state index in [1.54, 1.807) is 12.3 Å². The number of amides is 1. The summed E-state index contributed by atoms with van der Waals surface area (Å²) < 4.78 is 16.6. The average Bonchev–Trinajstić information content (AvgIpc) is 2.74. The molecular weight excluding hydrogens is 346 g/mol. The molecule has 1 amide bonds. The second kappa shape index (κ2) is 8.09. The summed E-state index contributed by atoms with van der Waals surface area (Å²) in [6, 6.07) is 15.3. The number of ether oxygens (including phenoxy) is 3. The van der Waals surface area contributed by atoms with Crippen molar-refractivity contribution in [3.05, 3.63) is 54.1 Å². The predicted molar refractivity (Wildman–Crippen MR) is 102 cm³/mol. The van der Waals surface area contributed by atoms with Crippen molar-refractivity contribution in [2.45, 2.75) is 6.10 Å². The number of benzene rings is 2. The first kappa shape index (κ1) is 17.4. The van der Waals surface area contributed by atoms with Crippen molar-refractivity contribution in [3.63, 3.8) is 0 Å². The lowest BCUT2D eigenvalue weighted by atomic mass is 10.2. The average molecular weight is 367 g/mol. The molecule has 2 aromatic rings. The molecule has 0 aromatic heterocycles. The largest absolute Gasteiger partial charge is 0.485 e. The second-order valence-electron chi connectivity index (χ2n) is 6.29. The van der Waals surface area contributed by atoms with Crippen LogP contribution in [0.25, 0.3) is 0 Å². The number of hydrogen-bond acceptors (Lipinski definition) is 6. The fraction of sp³-hybridized carbons (Fsp3) is 0.300. The molecule has 1 atom stereocenters. The van der Waals surface area contributed by atoms with Gasteiger partial charge >= 0.3 is 0 Å². The van der Waals surface area contributed by atoms with Crippen LogP contribution in [0.1, 0.15) is 5.56 Å². The highest BCUT2D eigenvalue weighted by Gasteiger charge is 2.26. The fourth-order valence-electron chi connectivity index (χ4n) is 2.98. The Balaban J connectivity index is 1.30. The van der Waals surface area contributed by atoms with Crippen molar-refractivity contribution in [3.8, 4) is 11.5 Å². The van der Waals surface area contributed by atoms with Crippen LogP contribution in [0.15, 0.2) is 53.6 Å². The zero-order valence-electron chi connectivity index (χ0n) is 14.8. The Bertz CT molecular complexity index is 816. The SMILES string of the molecule is O=C(N/N=C\c1ccc(N2CCOCC2)cc1)[C@@H]1COc2ccccc2O1. The van der Waals surface area contributed by atoms with Gasteiger partial charge in [-0.2, -0.15) is 5.10 Å². The summed E-state index contributed by atoms with van der Waals surface area (Å²) >= 11 is 0. The minimum Gasteiger partial charge on any atom is -0.485 e. The van der Waals surface area contributed by atoms with Gasteiger partial charge in [0.15, 0.2) is 11.5 Å². The lowest BCUT2D eigenvalue weighted by Gasteiger charge is -2.28. The molecule has 2 aliphatic heterocycles. The van der Waals surface area contributed by atoms with Gasteiger partial charge in [-0.05, 0) is 29.8 Å². The summed E-state index contributed by atoms with van der Waals surface area (Å²) in [5.74, 6) is 0.864. The first-order chi connectivity index (χ1) is 13.3. The zero-order valence-corrected chi connectivity index (χ0v) is 14.8. The number of nitrogens with one attached hydrogen (secondary N) is 1. The van der Waals surface area contributed by atoms with Crippen LogP contribution in [0.4, 0.5) is 5.69 Å². The third-order valence-electron chi connectivity index (χ3n) is 4.46. The summed E-state index contributed by atoms with van der Waals surface area (Å²) in [4.78, 5) is 14.5. The number of morpholine rings is 1. The number of rotatable bonds is 4. The van der Waals surface area contributed by atoms with Crippen molar-refractivity contribution < 1.29 is 19.0 Å². The molecule has 140 valence electrons. The smallest absolute Gasteiger partial charge is 0.284 e. The monoisotopic (exact) mass is 367 g/mol. The van der Waals surface area contributed by atoms with Crippen LogP contribution >= 0.6 is 0 Å². The zero-order chi connectivity index (χ0) is 18.5. The standard InChI is InChI=1S/C20H21N3O4/c24-20(19-14-26-17-3-1-2-4-18(17)27-19)22-21-13-15-5-7-16(8-6-15)23-9-11-25-12-10-23/h1-8,13,19H,9-12,14H2,(H,22,24)/b21-13-/t19-/m0/s1. The van der Waals surface area contributed by atoms with E-state index in [0.29, 0.717) is 11.5 Å². The number of hydrogen-bond donors (Lipinski definition) is 1. The molecule has 1 saturated heterocycles. The Kier molecular flexibility index (Phi) is 5.20. The molecule has 2 aliphatic rings. The van der Waals surface area contributed by atoms with Gasteiger partial charge in [0.05, 0.1) is 19.4 Å². The molecule has 0 bridgehead atoms. The van der Waals surface area contributed by atoms with E-state index in [1.807, 2.05) is 42.5 Å². The Morgan fingerprint density at radius 2 is 1.81 bits per heavy atom. The highest BCUT2D eigenvalue weighted by Crippen LogP contribution is 2.30. The quantitative estimate of drug-likeness (QED) is 0.659. The van der Waals surface area contributed by atoms with E-state index in [-0.39, 0.29) is 12.5 Å². The Morgan fingerprint density at radius 1 is 1.07 bits per heavy atom. The molecule has 7 heteroatoms. The molecule has 7 nitrogen and oxygen atoms in total. The van der Waals surface area contributed by atoms with Gasteiger partial charge in [-0.25, -0.2) is 5.43 Å². The molecule has 1 fully saturated rings. The molecule has 0 unspecified atom stereocenters. The van der Waals surface area contributed by atoms with Crippen molar-refractivity contribution in [1.29, 1.82) is 0 Å². The minimum absolute atomic E-state index is 0.159. The maximum absolute atomic E-state index is 12.2. The van der Waals surface area contributed by atoms with Gasteiger partial charge in [0, 0.05) is 18.8 Å². The number of anilines is 1. The van der Waals surface area contributed by atoms with Crippen molar-refractivity contribution in [2.24, 2.45) is 5.10 Å². The van der Waals surface area contributed by atoms with E-state index in [9.17, 15) is 4.79 Å². The molecular formula is C20H21N3O4. The molecule has 0 radical (unpaired) electrons. The van der Waals surface area contributed by atoms with Gasteiger partial charge in [0.1, 0.15) is 6.61 Å². The maximum atomic E-state index is 12.2. The number of nitrogens with zero attached hydrogens (tertiary/aromatic N) is 2. The Hall–Kier alpha value is -3.06. The van der Waals surface area contributed by atoms with E-state index in [1.165, 1.54) is 0 Å². The van der Waals surface area contributed by atoms with Crippen LogP contribution < -0.4 is 19.8 Å². The topological polar surface area (TPSA) is 72.4 Å². The van der Waals surface area contributed by atoms with Gasteiger partial charge in [-0.15, -0.1) is 0 Å². The lowest BCUT2D eigenvalue weighted by molar-refractivity contribution is -0.130. The minimum atomic E-state index is -0.722. The third-order valence-corrected chi connectivity index (χ3v) is 4.46.